The average Bonchev–Trinajstić information content (AvgIpc) is 3.39. The van der Waals surface area contributed by atoms with Gasteiger partial charge in [-0.25, -0.2) is 18.7 Å². The zero-order chi connectivity index (χ0) is 27.9. The van der Waals surface area contributed by atoms with Gasteiger partial charge in [0, 0.05) is 12.4 Å². The third-order valence-corrected chi connectivity index (χ3v) is 8.23. The summed E-state index contributed by atoms with van der Waals surface area (Å²) in [4.78, 5) is 9.40. The van der Waals surface area contributed by atoms with E-state index >= 15 is 0 Å². The molecule has 0 bridgehead atoms. The Balaban J connectivity index is 1.62. The van der Waals surface area contributed by atoms with Gasteiger partial charge in [-0.15, -0.1) is 5.10 Å². The van der Waals surface area contributed by atoms with E-state index in [4.69, 9.17) is 10.1 Å². The Morgan fingerprint density at radius 3 is 2.56 bits per heavy atom. The number of halogens is 2. The molecule has 39 heavy (non-hydrogen) atoms. The Morgan fingerprint density at radius 1 is 1.13 bits per heavy atom. The molecule has 1 aromatic carbocycles. The zero-order valence-electron chi connectivity index (χ0n) is 22.4. The van der Waals surface area contributed by atoms with E-state index in [-0.39, 0.29) is 35.7 Å². The molecule has 0 radical (unpaired) electrons. The quantitative estimate of drug-likeness (QED) is 0.355. The number of fused-ring (bicyclic) bond motifs is 1. The predicted molar refractivity (Wildman–Crippen MR) is 142 cm³/mol. The molecule has 5 rings (SSSR count). The van der Waals surface area contributed by atoms with Gasteiger partial charge in [0.25, 0.3) is 0 Å². The monoisotopic (exact) mass is 534 g/mol. The molecule has 1 aliphatic carbocycles. The molecule has 0 saturated heterocycles. The Kier molecular flexibility index (Phi) is 7.02. The summed E-state index contributed by atoms with van der Waals surface area (Å²) in [6, 6.07) is 7.43. The molecule has 0 saturated carbocycles. The first kappa shape index (κ1) is 27.0. The van der Waals surface area contributed by atoms with Crippen molar-refractivity contribution in [3.8, 4) is 22.6 Å². The second-order valence-electron chi connectivity index (χ2n) is 11.0. The van der Waals surface area contributed by atoms with Gasteiger partial charge in [0.05, 0.1) is 59.1 Å². The van der Waals surface area contributed by atoms with Gasteiger partial charge in [-0.2, -0.15) is 10.2 Å². The van der Waals surface area contributed by atoms with E-state index in [1.165, 1.54) is 22.9 Å². The van der Waals surface area contributed by atoms with Crippen LogP contribution in [-0.4, -0.2) is 52.9 Å². The predicted octanol–water partition coefficient (Wildman–Crippen LogP) is 4.66. The van der Waals surface area contributed by atoms with E-state index in [1.807, 2.05) is 6.07 Å². The van der Waals surface area contributed by atoms with Crippen molar-refractivity contribution in [1.29, 1.82) is 0 Å². The van der Waals surface area contributed by atoms with E-state index in [0.717, 1.165) is 29.8 Å². The van der Waals surface area contributed by atoms with Gasteiger partial charge < -0.3 is 10.2 Å². The number of nitrogens with zero attached hydrogens (tertiary/aromatic N) is 6. The summed E-state index contributed by atoms with van der Waals surface area (Å²) >= 11 is 0. The van der Waals surface area contributed by atoms with Crippen LogP contribution in [0.25, 0.3) is 22.6 Å². The number of hydrogen-bond acceptors (Lipinski definition) is 7. The van der Waals surface area contributed by atoms with Crippen molar-refractivity contribution in [1.82, 2.24) is 29.9 Å². The Morgan fingerprint density at radius 2 is 1.87 bits per heavy atom. The summed E-state index contributed by atoms with van der Waals surface area (Å²) in [5.74, 6) is -0.761. The molecule has 0 spiro atoms. The normalized spacial score (nSPS) is 21.0. The molecule has 3 aromatic heterocycles. The lowest BCUT2D eigenvalue weighted by molar-refractivity contribution is 0.0783. The minimum absolute atomic E-state index is 0.129. The lowest BCUT2D eigenvalue weighted by Crippen LogP contribution is -2.47. The van der Waals surface area contributed by atoms with Crippen molar-refractivity contribution < 1.29 is 19.0 Å². The molecule has 10 heteroatoms. The molecule has 204 valence electrons. The minimum atomic E-state index is -0.920. The molecule has 1 aliphatic rings. The summed E-state index contributed by atoms with van der Waals surface area (Å²) in [6.45, 7) is 8.34. The summed E-state index contributed by atoms with van der Waals surface area (Å²) in [5.41, 5.74) is 2.08. The highest BCUT2D eigenvalue weighted by molar-refractivity contribution is 5.62. The maximum Gasteiger partial charge on any atom is 0.162 e. The molecule has 8 nitrogen and oxygen atoms in total. The van der Waals surface area contributed by atoms with Gasteiger partial charge in [0.2, 0.25) is 0 Å². The van der Waals surface area contributed by atoms with E-state index in [2.05, 4.69) is 48.0 Å². The third-order valence-electron chi connectivity index (χ3n) is 8.23. The van der Waals surface area contributed by atoms with Crippen molar-refractivity contribution in [3.05, 3.63) is 77.5 Å². The van der Waals surface area contributed by atoms with E-state index in [0.29, 0.717) is 11.4 Å². The molecule has 2 N–H and O–H groups in total. The maximum atomic E-state index is 14.6. The number of aromatic nitrogens is 6. The van der Waals surface area contributed by atoms with Crippen molar-refractivity contribution in [3.63, 3.8) is 0 Å². The summed E-state index contributed by atoms with van der Waals surface area (Å²) < 4.78 is 30.8. The fourth-order valence-electron chi connectivity index (χ4n) is 5.68. The van der Waals surface area contributed by atoms with Crippen molar-refractivity contribution in [2.75, 3.05) is 6.61 Å². The van der Waals surface area contributed by atoms with Gasteiger partial charge in [0.1, 0.15) is 11.6 Å². The van der Waals surface area contributed by atoms with Crippen LogP contribution < -0.4 is 0 Å². The van der Waals surface area contributed by atoms with E-state index in [1.54, 1.807) is 24.7 Å². The standard InChI is InChI=1S/C29H32F2N6O2/c1-5-17-12-28(2,3)29(4,26-20(17)11-23(35-36-26)25-21(30)7-6-8-22(25)31)24-9-10-32-27(34-24)18-13-33-37(14-18)15-19(39)16-38/h6-11,13-14,17,19,38-39H,5,12,15-16H2,1-4H3/t17-,19+,29+/m1/s1. The maximum absolute atomic E-state index is 14.6. The highest BCUT2D eigenvalue weighted by Crippen LogP contribution is 2.56. The van der Waals surface area contributed by atoms with Crippen LogP contribution in [0.15, 0.2) is 48.9 Å². The first-order chi connectivity index (χ1) is 18.6. The van der Waals surface area contributed by atoms with Crippen molar-refractivity contribution in [2.24, 2.45) is 5.41 Å². The molecule has 0 fully saturated rings. The lowest BCUT2D eigenvalue weighted by atomic mass is 9.54. The van der Waals surface area contributed by atoms with Crippen LogP contribution in [0.4, 0.5) is 8.78 Å². The second kappa shape index (κ2) is 10.2. The van der Waals surface area contributed by atoms with Crippen LogP contribution in [0.1, 0.15) is 63.4 Å². The summed E-state index contributed by atoms with van der Waals surface area (Å²) in [7, 11) is 0. The fraction of sp³-hybridized carbons (Fsp3) is 0.414. The molecule has 3 heterocycles. The largest absolute Gasteiger partial charge is 0.394 e. The van der Waals surface area contributed by atoms with Gasteiger partial charge in [0.15, 0.2) is 5.82 Å². The Labute approximate surface area is 225 Å². The topological polar surface area (TPSA) is 110 Å². The van der Waals surface area contributed by atoms with Gasteiger partial charge in [-0.05, 0) is 60.9 Å². The summed E-state index contributed by atoms with van der Waals surface area (Å²) in [5, 5.41) is 32.1. The second-order valence-corrected chi connectivity index (χ2v) is 11.0. The van der Waals surface area contributed by atoms with Crippen LogP contribution in [0.3, 0.4) is 0 Å². The van der Waals surface area contributed by atoms with Gasteiger partial charge in [-0.3, -0.25) is 4.68 Å². The molecule has 0 aliphatic heterocycles. The lowest BCUT2D eigenvalue weighted by Gasteiger charge is -2.50. The van der Waals surface area contributed by atoms with Crippen molar-refractivity contribution >= 4 is 0 Å². The molecular weight excluding hydrogens is 502 g/mol. The summed E-state index contributed by atoms with van der Waals surface area (Å²) in [6.07, 6.45) is 5.77. The van der Waals surface area contributed by atoms with Crippen LogP contribution in [0.2, 0.25) is 0 Å². The zero-order valence-corrected chi connectivity index (χ0v) is 22.4. The van der Waals surface area contributed by atoms with E-state index in [9.17, 15) is 13.9 Å². The van der Waals surface area contributed by atoms with Crippen molar-refractivity contribution in [2.45, 2.75) is 64.5 Å². The number of rotatable bonds is 7. The van der Waals surface area contributed by atoms with E-state index < -0.39 is 23.2 Å². The highest BCUT2D eigenvalue weighted by atomic mass is 19.1. The molecule has 4 aromatic rings. The highest BCUT2D eigenvalue weighted by Gasteiger charge is 2.52. The smallest absolute Gasteiger partial charge is 0.162 e. The number of benzene rings is 1. The SMILES string of the molecule is CC[C@@H]1CC(C)(C)[C@@](C)(c2ccnc(-c3cnn(C[C@H](O)CO)c3)n2)c2nnc(-c3c(F)cccc3F)cc21. The Hall–Kier alpha value is -3.63. The molecule has 0 amide bonds. The first-order valence-electron chi connectivity index (χ1n) is 13.1. The van der Waals surface area contributed by atoms with Crippen LogP contribution in [-0.2, 0) is 12.0 Å². The van der Waals surface area contributed by atoms with Crippen LogP contribution >= 0.6 is 0 Å². The number of aliphatic hydroxyl groups is 2. The van der Waals surface area contributed by atoms with Crippen LogP contribution in [0.5, 0.6) is 0 Å². The average molecular weight is 535 g/mol. The number of aliphatic hydroxyl groups excluding tert-OH is 2. The third kappa shape index (κ3) is 4.61. The first-order valence-corrected chi connectivity index (χ1v) is 13.1. The van der Waals surface area contributed by atoms with Crippen LogP contribution in [0, 0.1) is 17.0 Å². The van der Waals surface area contributed by atoms with Gasteiger partial charge >= 0.3 is 0 Å². The van der Waals surface area contributed by atoms with Gasteiger partial charge in [-0.1, -0.05) is 26.8 Å². The fourth-order valence-corrected chi connectivity index (χ4v) is 5.68. The minimum Gasteiger partial charge on any atom is -0.394 e. The molecule has 0 unspecified atom stereocenters. The Bertz CT molecular complexity index is 1490. The molecule has 3 atom stereocenters. The molecular formula is C29H32F2N6O2. The number of hydrogen-bond donors (Lipinski definition) is 2.